The fourth-order valence-corrected chi connectivity index (χ4v) is 2.41. The Bertz CT molecular complexity index is 356. The fraction of sp³-hybridized carbons (Fsp3) is 0.545. The summed E-state index contributed by atoms with van der Waals surface area (Å²) >= 11 is 5.89. The Balaban J connectivity index is 2.24. The summed E-state index contributed by atoms with van der Waals surface area (Å²) in [6.45, 7) is 0. The molecule has 4 heteroatoms. The van der Waals surface area contributed by atoms with Gasteiger partial charge in [0.25, 0.3) is 0 Å². The van der Waals surface area contributed by atoms with Crippen LogP contribution < -0.4 is 5.73 Å². The summed E-state index contributed by atoms with van der Waals surface area (Å²) in [5, 5.41) is 10.2. The maximum absolute atomic E-state index is 9.61. The second-order valence-electron chi connectivity index (χ2n) is 4.15. The topological polar surface area (TPSA) is 59.1 Å². The number of anilines is 1. The monoisotopic (exact) mass is 226 g/mol. The standard InChI is InChI=1S/C11H15ClN2O/c12-8-5-10(11(13)14-6-8)7-2-1-3-9(15)4-7/h5-7,9,15H,1-4H2,(H2,13,14). The van der Waals surface area contributed by atoms with Crippen LogP contribution in [-0.2, 0) is 0 Å². The lowest BCUT2D eigenvalue weighted by atomic mass is 9.83. The molecule has 0 aromatic carbocycles. The number of aliphatic hydroxyl groups excluding tert-OH is 1. The van der Waals surface area contributed by atoms with E-state index in [1.54, 1.807) is 6.20 Å². The summed E-state index contributed by atoms with van der Waals surface area (Å²) in [4.78, 5) is 4.04. The second-order valence-corrected chi connectivity index (χ2v) is 4.58. The molecule has 0 bridgehead atoms. The molecule has 0 aliphatic heterocycles. The number of nitrogens with two attached hydrogens (primary N) is 1. The van der Waals surface area contributed by atoms with Gasteiger partial charge < -0.3 is 10.8 Å². The third-order valence-corrected chi connectivity index (χ3v) is 3.21. The zero-order chi connectivity index (χ0) is 10.8. The number of rotatable bonds is 1. The van der Waals surface area contributed by atoms with Crippen molar-refractivity contribution in [2.24, 2.45) is 0 Å². The first kappa shape index (κ1) is 10.7. The quantitative estimate of drug-likeness (QED) is 0.773. The van der Waals surface area contributed by atoms with Crippen molar-refractivity contribution in [1.29, 1.82) is 0 Å². The number of hydrogen-bond acceptors (Lipinski definition) is 3. The maximum atomic E-state index is 9.61. The van der Waals surface area contributed by atoms with Gasteiger partial charge in [-0.2, -0.15) is 0 Å². The number of hydrogen-bond donors (Lipinski definition) is 2. The van der Waals surface area contributed by atoms with Crippen LogP contribution in [0.1, 0.15) is 37.2 Å². The average Bonchev–Trinajstić information content (AvgIpc) is 2.22. The fourth-order valence-electron chi connectivity index (χ4n) is 2.24. The second kappa shape index (κ2) is 4.37. The van der Waals surface area contributed by atoms with E-state index >= 15 is 0 Å². The SMILES string of the molecule is Nc1ncc(Cl)cc1C1CCCC(O)C1. The lowest BCUT2D eigenvalue weighted by Gasteiger charge is -2.26. The van der Waals surface area contributed by atoms with Crippen molar-refractivity contribution in [2.75, 3.05) is 5.73 Å². The molecule has 1 aliphatic rings. The van der Waals surface area contributed by atoms with Gasteiger partial charge in [0, 0.05) is 6.20 Å². The molecule has 15 heavy (non-hydrogen) atoms. The Morgan fingerprint density at radius 1 is 1.47 bits per heavy atom. The molecule has 1 aromatic heterocycles. The number of nitrogen functional groups attached to an aromatic ring is 1. The summed E-state index contributed by atoms with van der Waals surface area (Å²) < 4.78 is 0. The third kappa shape index (κ3) is 2.41. The molecular weight excluding hydrogens is 212 g/mol. The van der Waals surface area contributed by atoms with E-state index in [2.05, 4.69) is 4.98 Å². The van der Waals surface area contributed by atoms with Gasteiger partial charge in [-0.15, -0.1) is 0 Å². The van der Waals surface area contributed by atoms with E-state index in [-0.39, 0.29) is 6.10 Å². The van der Waals surface area contributed by atoms with Crippen LogP contribution in [0.25, 0.3) is 0 Å². The minimum Gasteiger partial charge on any atom is -0.393 e. The molecule has 1 aliphatic carbocycles. The first-order chi connectivity index (χ1) is 7.16. The normalized spacial score (nSPS) is 26.5. The molecule has 1 fully saturated rings. The zero-order valence-corrected chi connectivity index (χ0v) is 9.24. The summed E-state index contributed by atoms with van der Waals surface area (Å²) in [7, 11) is 0. The van der Waals surface area contributed by atoms with Crippen LogP contribution in [0.4, 0.5) is 5.82 Å². The van der Waals surface area contributed by atoms with Crippen LogP contribution in [0, 0.1) is 0 Å². The highest BCUT2D eigenvalue weighted by Crippen LogP contribution is 2.35. The highest BCUT2D eigenvalue weighted by Gasteiger charge is 2.23. The van der Waals surface area contributed by atoms with Gasteiger partial charge in [0.15, 0.2) is 0 Å². The lowest BCUT2D eigenvalue weighted by Crippen LogP contribution is -2.19. The molecule has 0 amide bonds. The van der Waals surface area contributed by atoms with Gasteiger partial charge >= 0.3 is 0 Å². The van der Waals surface area contributed by atoms with Crippen LogP contribution in [0.3, 0.4) is 0 Å². The van der Waals surface area contributed by atoms with E-state index in [0.717, 1.165) is 31.2 Å². The number of halogens is 1. The van der Waals surface area contributed by atoms with Gasteiger partial charge in [0.1, 0.15) is 5.82 Å². The van der Waals surface area contributed by atoms with E-state index in [4.69, 9.17) is 17.3 Å². The lowest BCUT2D eigenvalue weighted by molar-refractivity contribution is 0.119. The molecule has 2 atom stereocenters. The van der Waals surface area contributed by atoms with E-state index in [1.807, 2.05) is 6.07 Å². The Hall–Kier alpha value is -0.800. The van der Waals surface area contributed by atoms with Crippen molar-refractivity contribution in [2.45, 2.75) is 37.7 Å². The predicted molar refractivity (Wildman–Crippen MR) is 60.9 cm³/mol. The van der Waals surface area contributed by atoms with E-state index < -0.39 is 0 Å². The van der Waals surface area contributed by atoms with Crippen molar-refractivity contribution in [1.82, 2.24) is 4.98 Å². The van der Waals surface area contributed by atoms with Crippen molar-refractivity contribution in [3.63, 3.8) is 0 Å². The largest absolute Gasteiger partial charge is 0.393 e. The Labute approximate surface area is 94.3 Å². The van der Waals surface area contributed by atoms with E-state index in [9.17, 15) is 5.11 Å². The first-order valence-electron chi connectivity index (χ1n) is 5.26. The van der Waals surface area contributed by atoms with Gasteiger partial charge in [-0.25, -0.2) is 4.98 Å². The van der Waals surface area contributed by atoms with Crippen molar-refractivity contribution < 1.29 is 5.11 Å². The number of aromatic nitrogens is 1. The molecule has 3 N–H and O–H groups in total. The maximum Gasteiger partial charge on any atom is 0.126 e. The molecule has 2 rings (SSSR count). The molecule has 0 saturated heterocycles. The zero-order valence-electron chi connectivity index (χ0n) is 8.49. The summed E-state index contributed by atoms with van der Waals surface area (Å²) in [5.41, 5.74) is 6.80. The van der Waals surface area contributed by atoms with Gasteiger partial charge in [-0.3, -0.25) is 0 Å². The first-order valence-corrected chi connectivity index (χ1v) is 5.63. The highest BCUT2D eigenvalue weighted by molar-refractivity contribution is 6.30. The van der Waals surface area contributed by atoms with Gasteiger partial charge in [0.05, 0.1) is 11.1 Å². The molecule has 82 valence electrons. The minimum absolute atomic E-state index is 0.206. The van der Waals surface area contributed by atoms with Crippen LogP contribution in [0.15, 0.2) is 12.3 Å². The van der Waals surface area contributed by atoms with Gasteiger partial charge in [-0.1, -0.05) is 18.0 Å². The number of aliphatic hydroxyl groups is 1. The van der Waals surface area contributed by atoms with Crippen LogP contribution in [0.2, 0.25) is 5.02 Å². The molecule has 1 saturated carbocycles. The predicted octanol–water partition coefficient (Wildman–Crippen LogP) is 2.34. The number of pyridine rings is 1. The van der Waals surface area contributed by atoms with Crippen LogP contribution in [-0.4, -0.2) is 16.2 Å². The van der Waals surface area contributed by atoms with E-state index in [1.165, 1.54) is 0 Å². The molecule has 1 heterocycles. The Kier molecular flexibility index (Phi) is 3.12. The molecule has 2 unspecified atom stereocenters. The highest BCUT2D eigenvalue weighted by atomic mass is 35.5. The van der Waals surface area contributed by atoms with Gasteiger partial charge in [0.2, 0.25) is 0 Å². The summed E-state index contributed by atoms with van der Waals surface area (Å²) in [6.07, 6.45) is 5.11. The van der Waals surface area contributed by atoms with Crippen LogP contribution in [0.5, 0.6) is 0 Å². The third-order valence-electron chi connectivity index (χ3n) is 3.00. The molecule has 0 radical (unpaired) electrons. The summed E-state index contributed by atoms with van der Waals surface area (Å²) in [5.74, 6) is 0.846. The Morgan fingerprint density at radius 2 is 2.27 bits per heavy atom. The smallest absolute Gasteiger partial charge is 0.126 e. The molecule has 1 aromatic rings. The minimum atomic E-state index is -0.206. The molecular formula is C11H15ClN2O. The van der Waals surface area contributed by atoms with E-state index in [0.29, 0.717) is 16.8 Å². The number of nitrogens with zero attached hydrogens (tertiary/aromatic N) is 1. The van der Waals surface area contributed by atoms with Crippen LogP contribution >= 0.6 is 11.6 Å². The summed E-state index contributed by atoms with van der Waals surface area (Å²) in [6, 6.07) is 1.87. The van der Waals surface area contributed by atoms with Crippen molar-refractivity contribution >= 4 is 17.4 Å². The Morgan fingerprint density at radius 3 is 3.00 bits per heavy atom. The van der Waals surface area contributed by atoms with Gasteiger partial charge in [-0.05, 0) is 36.8 Å². The molecule has 3 nitrogen and oxygen atoms in total. The van der Waals surface area contributed by atoms with Crippen molar-refractivity contribution in [3.8, 4) is 0 Å². The van der Waals surface area contributed by atoms with Crippen molar-refractivity contribution in [3.05, 3.63) is 22.8 Å². The molecule has 0 spiro atoms. The average molecular weight is 227 g/mol.